The number of allylic oxidation sites excluding steroid dienone is 2. The van der Waals surface area contributed by atoms with Crippen LogP contribution in [0.2, 0.25) is 0 Å². The van der Waals surface area contributed by atoms with Crippen LogP contribution in [0.5, 0.6) is 0 Å². The summed E-state index contributed by atoms with van der Waals surface area (Å²) in [6.45, 7) is 9.38. The van der Waals surface area contributed by atoms with Crippen LogP contribution >= 0.6 is 0 Å². The molecular weight excluding hydrogens is 408 g/mol. The van der Waals surface area contributed by atoms with Crippen LogP contribution in [0.4, 0.5) is 0 Å². The summed E-state index contributed by atoms with van der Waals surface area (Å²) in [6.07, 6.45) is 4.33. The number of aliphatic hydroxyl groups is 4. The summed E-state index contributed by atoms with van der Waals surface area (Å²) in [5, 5.41) is 44.9. The topological polar surface area (TPSA) is 107 Å². The third-order valence-electron chi connectivity index (χ3n) is 9.65. The number of fused-ring (bicyclic) bond motifs is 5. The summed E-state index contributed by atoms with van der Waals surface area (Å²) < 4.78 is 6.02. The molecule has 4 aliphatic carbocycles. The van der Waals surface area contributed by atoms with Crippen molar-refractivity contribution < 1.29 is 30.0 Å². The molecule has 3 fully saturated rings. The highest BCUT2D eigenvalue weighted by atomic mass is 16.6. The van der Waals surface area contributed by atoms with Gasteiger partial charge in [-0.2, -0.15) is 0 Å². The lowest BCUT2D eigenvalue weighted by Crippen LogP contribution is -2.72. The normalized spacial score (nSPS) is 48.6. The van der Waals surface area contributed by atoms with Crippen LogP contribution in [-0.2, 0) is 9.53 Å². The number of aliphatic hydroxyl groups excluding tert-OH is 3. The zero-order chi connectivity index (χ0) is 23.6. The van der Waals surface area contributed by atoms with E-state index in [1.165, 1.54) is 6.08 Å². The van der Waals surface area contributed by atoms with E-state index in [1.54, 1.807) is 6.92 Å². The lowest BCUT2D eigenvalue weighted by Gasteiger charge is -2.64. The van der Waals surface area contributed by atoms with Crippen molar-refractivity contribution in [3.05, 3.63) is 23.3 Å². The summed E-state index contributed by atoms with van der Waals surface area (Å²) >= 11 is 0. The standard InChI is InChI=1S/C26H40O6/c1-14(2)12-20(29)32-22-21-19(7-6-16-13-17(28)8-10-24(16,21)4)26(31)11-9-18(15(3)27)25(26,5)23(22)30/h6,12,15,17-19,21-23,27-28,30-31H,7-11,13H2,1-5H3/t15-,17+,18-,19-,21-,22+,23-,24+,25+,26-/m1/s1. The van der Waals surface area contributed by atoms with Crippen molar-refractivity contribution in [1.82, 2.24) is 0 Å². The van der Waals surface area contributed by atoms with E-state index in [2.05, 4.69) is 13.0 Å². The minimum Gasteiger partial charge on any atom is -0.456 e. The van der Waals surface area contributed by atoms with Gasteiger partial charge in [0.2, 0.25) is 0 Å². The van der Waals surface area contributed by atoms with E-state index in [4.69, 9.17) is 4.74 Å². The van der Waals surface area contributed by atoms with Crippen molar-refractivity contribution in [2.24, 2.45) is 28.6 Å². The predicted molar refractivity (Wildman–Crippen MR) is 120 cm³/mol. The van der Waals surface area contributed by atoms with E-state index in [-0.39, 0.29) is 29.3 Å². The van der Waals surface area contributed by atoms with Crippen LogP contribution in [0.15, 0.2) is 23.3 Å². The minimum atomic E-state index is -1.17. The van der Waals surface area contributed by atoms with Gasteiger partial charge in [-0.25, -0.2) is 4.79 Å². The number of hydrogen-bond donors (Lipinski definition) is 4. The molecule has 32 heavy (non-hydrogen) atoms. The summed E-state index contributed by atoms with van der Waals surface area (Å²) in [7, 11) is 0. The molecule has 3 saturated carbocycles. The Hall–Kier alpha value is -1.21. The Kier molecular flexibility index (Phi) is 5.93. The average molecular weight is 449 g/mol. The minimum absolute atomic E-state index is 0.201. The van der Waals surface area contributed by atoms with Crippen LogP contribution in [0.1, 0.15) is 73.1 Å². The molecule has 0 saturated heterocycles. The average Bonchev–Trinajstić information content (AvgIpc) is 2.98. The number of esters is 1. The smallest absolute Gasteiger partial charge is 0.331 e. The molecule has 4 rings (SSSR count). The molecule has 0 aromatic rings. The Bertz CT molecular complexity index is 828. The van der Waals surface area contributed by atoms with Gasteiger partial charge in [-0.15, -0.1) is 0 Å². The van der Waals surface area contributed by atoms with Crippen LogP contribution < -0.4 is 0 Å². The van der Waals surface area contributed by atoms with E-state index in [0.29, 0.717) is 32.1 Å². The Morgan fingerprint density at radius 3 is 2.53 bits per heavy atom. The summed E-state index contributed by atoms with van der Waals surface area (Å²) in [5.41, 5.74) is -0.573. The number of rotatable bonds is 3. The van der Waals surface area contributed by atoms with Gasteiger partial charge in [-0.05, 0) is 76.5 Å². The number of carbonyl (C=O) groups excluding carboxylic acids is 1. The van der Waals surface area contributed by atoms with Crippen molar-refractivity contribution in [1.29, 1.82) is 0 Å². The molecule has 0 aromatic carbocycles. The highest BCUT2D eigenvalue weighted by Gasteiger charge is 2.73. The Morgan fingerprint density at radius 2 is 1.91 bits per heavy atom. The van der Waals surface area contributed by atoms with Crippen LogP contribution in [0.25, 0.3) is 0 Å². The molecule has 4 aliphatic rings. The summed E-state index contributed by atoms with van der Waals surface area (Å²) in [4.78, 5) is 12.8. The zero-order valence-corrected chi connectivity index (χ0v) is 20.0. The number of ether oxygens (including phenoxy) is 1. The fourth-order valence-corrected chi connectivity index (χ4v) is 8.00. The second-order valence-corrected chi connectivity index (χ2v) is 11.6. The van der Waals surface area contributed by atoms with Gasteiger partial charge in [0.05, 0.1) is 23.9 Å². The van der Waals surface area contributed by atoms with Crippen molar-refractivity contribution in [3.8, 4) is 0 Å². The monoisotopic (exact) mass is 448 g/mol. The van der Waals surface area contributed by atoms with E-state index in [9.17, 15) is 25.2 Å². The zero-order valence-electron chi connectivity index (χ0n) is 20.0. The van der Waals surface area contributed by atoms with Crippen molar-refractivity contribution in [2.75, 3.05) is 0 Å². The van der Waals surface area contributed by atoms with E-state index < -0.39 is 35.3 Å². The first-order valence-electron chi connectivity index (χ1n) is 12.2. The molecular formula is C26H40O6. The largest absolute Gasteiger partial charge is 0.456 e. The van der Waals surface area contributed by atoms with Crippen LogP contribution in [0.3, 0.4) is 0 Å². The highest BCUT2D eigenvalue weighted by Crippen LogP contribution is 2.68. The fourth-order valence-electron chi connectivity index (χ4n) is 8.00. The molecule has 0 aromatic heterocycles. The summed E-state index contributed by atoms with van der Waals surface area (Å²) in [5.74, 6) is -1.23. The van der Waals surface area contributed by atoms with Gasteiger partial charge in [0.15, 0.2) is 0 Å². The molecule has 180 valence electrons. The molecule has 0 bridgehead atoms. The molecule has 0 heterocycles. The Morgan fingerprint density at radius 1 is 1.22 bits per heavy atom. The second kappa shape index (κ2) is 7.93. The van der Waals surface area contributed by atoms with Gasteiger partial charge in [0.1, 0.15) is 6.10 Å². The predicted octanol–water partition coefficient (Wildman–Crippen LogP) is 2.88. The SMILES string of the molecule is CC(C)=CC(=O)O[C@H]1[C@H]2[C@@H](CC=C3C[C@@H](O)CC[C@@]32C)[C@]2(O)CC[C@H]([C@@H](C)O)[C@@]2(C)[C@@H]1O. The molecule has 0 amide bonds. The number of carbonyl (C=O) groups is 1. The molecule has 0 spiro atoms. The van der Waals surface area contributed by atoms with Crippen molar-refractivity contribution in [3.63, 3.8) is 0 Å². The third kappa shape index (κ3) is 3.24. The van der Waals surface area contributed by atoms with Crippen LogP contribution in [-0.4, -0.2) is 56.4 Å². The molecule has 0 unspecified atom stereocenters. The van der Waals surface area contributed by atoms with E-state index >= 15 is 0 Å². The molecule has 0 radical (unpaired) electrons. The van der Waals surface area contributed by atoms with Crippen molar-refractivity contribution in [2.45, 2.75) is 103 Å². The highest BCUT2D eigenvalue weighted by molar-refractivity contribution is 5.82. The van der Waals surface area contributed by atoms with Gasteiger partial charge >= 0.3 is 5.97 Å². The maximum absolute atomic E-state index is 12.8. The van der Waals surface area contributed by atoms with E-state index in [0.717, 1.165) is 17.6 Å². The molecule has 6 heteroatoms. The maximum Gasteiger partial charge on any atom is 0.331 e. The van der Waals surface area contributed by atoms with Gasteiger partial charge in [-0.3, -0.25) is 0 Å². The first-order chi connectivity index (χ1) is 14.9. The Balaban J connectivity index is 1.84. The lowest BCUT2D eigenvalue weighted by molar-refractivity contribution is -0.274. The van der Waals surface area contributed by atoms with Gasteiger partial charge in [0, 0.05) is 17.4 Å². The maximum atomic E-state index is 12.8. The van der Waals surface area contributed by atoms with Gasteiger partial charge in [0.25, 0.3) is 0 Å². The van der Waals surface area contributed by atoms with Crippen molar-refractivity contribution >= 4 is 5.97 Å². The lowest BCUT2D eigenvalue weighted by atomic mass is 9.44. The number of hydrogen-bond acceptors (Lipinski definition) is 6. The first-order valence-corrected chi connectivity index (χ1v) is 12.2. The molecule has 6 nitrogen and oxygen atoms in total. The van der Waals surface area contributed by atoms with Crippen LogP contribution in [0, 0.1) is 28.6 Å². The van der Waals surface area contributed by atoms with Gasteiger partial charge < -0.3 is 25.2 Å². The fraction of sp³-hybridized carbons (Fsp3) is 0.808. The molecule has 4 N–H and O–H groups in total. The first kappa shape index (κ1) is 23.9. The second-order valence-electron chi connectivity index (χ2n) is 11.6. The van der Waals surface area contributed by atoms with Gasteiger partial charge in [-0.1, -0.05) is 31.1 Å². The quantitative estimate of drug-likeness (QED) is 0.300. The Labute approximate surface area is 191 Å². The van der Waals surface area contributed by atoms with E-state index in [1.807, 2.05) is 20.8 Å². The molecule has 10 atom stereocenters. The third-order valence-corrected chi connectivity index (χ3v) is 9.65. The summed E-state index contributed by atoms with van der Waals surface area (Å²) in [6, 6.07) is 0. The molecule has 0 aliphatic heterocycles.